The van der Waals surface area contributed by atoms with Crippen LogP contribution >= 0.6 is 23.1 Å². The lowest BCUT2D eigenvalue weighted by Gasteiger charge is -2.12. The fraction of sp³-hybridized carbons (Fsp3) is 0.333. The van der Waals surface area contributed by atoms with Gasteiger partial charge in [-0.2, -0.15) is 0 Å². The van der Waals surface area contributed by atoms with Gasteiger partial charge < -0.3 is 9.88 Å². The Morgan fingerprint density at radius 1 is 1.07 bits per heavy atom. The lowest BCUT2D eigenvalue weighted by atomic mass is 10.1. The van der Waals surface area contributed by atoms with Crippen LogP contribution in [0.5, 0.6) is 0 Å². The molecule has 7 nitrogen and oxygen atoms in total. The van der Waals surface area contributed by atoms with Crippen LogP contribution in [-0.4, -0.2) is 50.4 Å². The lowest BCUT2D eigenvalue weighted by Crippen LogP contribution is -2.32. The van der Waals surface area contributed by atoms with Crippen LogP contribution in [0.15, 0.2) is 53.0 Å². The number of urea groups is 1. The molecule has 1 saturated heterocycles. The minimum absolute atomic E-state index is 0.103. The van der Waals surface area contributed by atoms with Gasteiger partial charge in [0.05, 0.1) is 6.54 Å². The van der Waals surface area contributed by atoms with Gasteiger partial charge in [0.2, 0.25) is 5.91 Å². The predicted octanol–water partition coefficient (Wildman–Crippen LogP) is 3.21. The van der Waals surface area contributed by atoms with Crippen LogP contribution in [0.4, 0.5) is 4.79 Å². The van der Waals surface area contributed by atoms with Crippen molar-refractivity contribution < 1.29 is 9.59 Å². The first kappa shape index (κ1) is 20.6. The van der Waals surface area contributed by atoms with Gasteiger partial charge in [0.25, 0.3) is 0 Å². The summed E-state index contributed by atoms with van der Waals surface area (Å²) in [5.74, 6) is 1.57. The zero-order chi connectivity index (χ0) is 20.8. The number of nitrogens with one attached hydrogen (secondary N) is 1. The van der Waals surface area contributed by atoms with Crippen molar-refractivity contribution in [2.75, 3.05) is 18.8 Å². The standard InChI is InChI=1S/C21H23N5O2S2/c27-19-15-22-20(28)26(19)10-5-13-30-21-24-23-18(14-17-8-4-12-29-17)25(21)11-9-16-6-2-1-3-7-16/h1-4,6-8,12H,5,9-11,13-15H2,(H,22,28). The number of imide groups is 1. The van der Waals surface area contributed by atoms with Crippen molar-refractivity contribution in [2.24, 2.45) is 0 Å². The molecule has 1 N–H and O–H groups in total. The predicted molar refractivity (Wildman–Crippen MR) is 118 cm³/mol. The number of carbonyl (C=O) groups is 2. The summed E-state index contributed by atoms with van der Waals surface area (Å²) < 4.78 is 2.20. The Kier molecular flexibility index (Phi) is 6.81. The molecular weight excluding hydrogens is 418 g/mol. The van der Waals surface area contributed by atoms with E-state index in [2.05, 4.69) is 61.9 Å². The molecule has 30 heavy (non-hydrogen) atoms. The number of thioether (sulfide) groups is 1. The van der Waals surface area contributed by atoms with E-state index < -0.39 is 0 Å². The van der Waals surface area contributed by atoms with E-state index in [9.17, 15) is 9.59 Å². The first-order chi connectivity index (χ1) is 14.7. The van der Waals surface area contributed by atoms with Gasteiger partial charge in [0, 0.05) is 30.1 Å². The van der Waals surface area contributed by atoms with Gasteiger partial charge in [-0.15, -0.1) is 21.5 Å². The molecule has 0 unspecified atom stereocenters. The molecule has 0 saturated carbocycles. The Morgan fingerprint density at radius 2 is 1.93 bits per heavy atom. The highest BCUT2D eigenvalue weighted by atomic mass is 32.2. The van der Waals surface area contributed by atoms with Gasteiger partial charge in [-0.3, -0.25) is 9.69 Å². The molecule has 1 aliphatic rings. The molecule has 0 spiro atoms. The molecule has 4 rings (SSSR count). The molecule has 156 valence electrons. The average Bonchev–Trinajstić information content (AvgIpc) is 3.48. The molecule has 0 radical (unpaired) electrons. The molecule has 9 heteroatoms. The zero-order valence-electron chi connectivity index (χ0n) is 16.5. The molecule has 1 aromatic carbocycles. The van der Waals surface area contributed by atoms with Crippen LogP contribution in [0.3, 0.4) is 0 Å². The van der Waals surface area contributed by atoms with Gasteiger partial charge >= 0.3 is 6.03 Å². The van der Waals surface area contributed by atoms with Crippen molar-refractivity contribution in [1.82, 2.24) is 25.0 Å². The van der Waals surface area contributed by atoms with Crippen LogP contribution < -0.4 is 5.32 Å². The quantitative estimate of drug-likeness (QED) is 0.297. The van der Waals surface area contributed by atoms with Gasteiger partial charge in [-0.25, -0.2) is 4.79 Å². The van der Waals surface area contributed by atoms with Crippen molar-refractivity contribution >= 4 is 35.0 Å². The monoisotopic (exact) mass is 441 g/mol. The SMILES string of the molecule is O=C1CNC(=O)N1CCCSc1nnc(Cc2cccs2)n1CCc1ccccc1. The average molecular weight is 442 g/mol. The smallest absolute Gasteiger partial charge is 0.324 e. The summed E-state index contributed by atoms with van der Waals surface area (Å²) in [7, 11) is 0. The van der Waals surface area contributed by atoms with E-state index in [0.29, 0.717) is 6.54 Å². The van der Waals surface area contributed by atoms with E-state index in [1.165, 1.54) is 15.3 Å². The summed E-state index contributed by atoms with van der Waals surface area (Å²) >= 11 is 3.35. The summed E-state index contributed by atoms with van der Waals surface area (Å²) in [6.07, 6.45) is 2.39. The summed E-state index contributed by atoms with van der Waals surface area (Å²) in [4.78, 5) is 25.9. The Hall–Kier alpha value is -2.65. The second-order valence-electron chi connectivity index (χ2n) is 6.95. The summed E-state index contributed by atoms with van der Waals surface area (Å²) in [6.45, 7) is 1.34. The lowest BCUT2D eigenvalue weighted by molar-refractivity contribution is -0.124. The van der Waals surface area contributed by atoms with E-state index in [1.54, 1.807) is 23.1 Å². The van der Waals surface area contributed by atoms with Crippen LogP contribution in [0.1, 0.15) is 22.7 Å². The number of benzene rings is 1. The number of carbonyl (C=O) groups excluding carboxylic acids is 2. The summed E-state index contributed by atoms with van der Waals surface area (Å²) in [6, 6.07) is 14.3. The number of amides is 3. The largest absolute Gasteiger partial charge is 0.329 e. The normalized spacial score (nSPS) is 13.8. The van der Waals surface area contributed by atoms with Crippen molar-refractivity contribution in [2.45, 2.75) is 31.0 Å². The molecule has 0 atom stereocenters. The molecular formula is C21H23N5O2S2. The second kappa shape index (κ2) is 9.90. The summed E-state index contributed by atoms with van der Waals surface area (Å²) in [5, 5.41) is 14.4. The van der Waals surface area contributed by atoms with Crippen molar-refractivity contribution in [3.8, 4) is 0 Å². The highest BCUT2D eigenvalue weighted by Gasteiger charge is 2.27. The van der Waals surface area contributed by atoms with Crippen molar-refractivity contribution in [3.63, 3.8) is 0 Å². The number of hydrogen-bond donors (Lipinski definition) is 1. The first-order valence-electron chi connectivity index (χ1n) is 9.90. The van der Waals surface area contributed by atoms with Crippen molar-refractivity contribution in [1.29, 1.82) is 0 Å². The van der Waals surface area contributed by atoms with E-state index in [-0.39, 0.29) is 18.5 Å². The molecule has 1 aliphatic heterocycles. The van der Waals surface area contributed by atoms with E-state index >= 15 is 0 Å². The Morgan fingerprint density at radius 3 is 2.67 bits per heavy atom. The van der Waals surface area contributed by atoms with E-state index in [4.69, 9.17) is 0 Å². The highest BCUT2D eigenvalue weighted by molar-refractivity contribution is 7.99. The zero-order valence-corrected chi connectivity index (χ0v) is 18.1. The van der Waals surface area contributed by atoms with Gasteiger partial charge in [0.15, 0.2) is 5.16 Å². The van der Waals surface area contributed by atoms with Crippen LogP contribution in [0.2, 0.25) is 0 Å². The topological polar surface area (TPSA) is 80.1 Å². The Labute approximate surface area is 183 Å². The third kappa shape index (κ3) is 5.09. The van der Waals surface area contributed by atoms with Gasteiger partial charge in [-0.1, -0.05) is 48.2 Å². The molecule has 3 aromatic rings. The molecule has 0 aliphatic carbocycles. The Balaban J connectivity index is 1.40. The maximum absolute atomic E-state index is 11.7. The number of thiophene rings is 1. The fourth-order valence-corrected chi connectivity index (χ4v) is 4.91. The van der Waals surface area contributed by atoms with Crippen LogP contribution in [-0.2, 0) is 24.2 Å². The maximum atomic E-state index is 11.7. The summed E-state index contributed by atoms with van der Waals surface area (Å²) in [5.41, 5.74) is 1.28. The second-order valence-corrected chi connectivity index (χ2v) is 9.04. The minimum atomic E-state index is -0.297. The van der Waals surface area contributed by atoms with Gasteiger partial charge in [-0.05, 0) is 29.9 Å². The number of rotatable bonds is 10. The number of hydrogen-bond acceptors (Lipinski definition) is 6. The molecule has 3 heterocycles. The first-order valence-corrected chi connectivity index (χ1v) is 11.8. The third-order valence-electron chi connectivity index (χ3n) is 4.87. The van der Waals surface area contributed by atoms with Crippen molar-refractivity contribution in [3.05, 3.63) is 64.1 Å². The Bertz CT molecular complexity index is 972. The molecule has 0 bridgehead atoms. The molecule has 1 fully saturated rings. The minimum Gasteiger partial charge on any atom is -0.329 e. The van der Waals surface area contributed by atoms with E-state index in [0.717, 1.165) is 42.5 Å². The molecule has 3 amide bonds. The maximum Gasteiger partial charge on any atom is 0.324 e. The van der Waals surface area contributed by atoms with Crippen LogP contribution in [0.25, 0.3) is 0 Å². The number of aryl methyl sites for hydroxylation is 1. The fourth-order valence-electron chi connectivity index (χ4n) is 3.30. The highest BCUT2D eigenvalue weighted by Crippen LogP contribution is 2.22. The molecule has 2 aromatic heterocycles. The van der Waals surface area contributed by atoms with E-state index in [1.807, 2.05) is 6.07 Å². The van der Waals surface area contributed by atoms with Crippen LogP contribution in [0, 0.1) is 0 Å². The third-order valence-corrected chi connectivity index (χ3v) is 6.80. The van der Waals surface area contributed by atoms with Gasteiger partial charge in [0.1, 0.15) is 5.82 Å². The number of nitrogens with zero attached hydrogens (tertiary/aromatic N) is 4. The number of aromatic nitrogens is 3.